The molecule has 3 N–H and O–H groups in total. The molecule has 0 amide bonds. The fraction of sp³-hybridized carbons (Fsp3) is 0. The summed E-state index contributed by atoms with van der Waals surface area (Å²) in [6.07, 6.45) is 1.55. The number of hydrogen-bond acceptors (Lipinski definition) is 4. The van der Waals surface area contributed by atoms with Crippen molar-refractivity contribution in [1.82, 2.24) is 9.97 Å². The first-order chi connectivity index (χ1) is 7.70. The molecule has 1 aromatic heterocycles. The maximum atomic E-state index is 13.0. The molecule has 2 aromatic rings. The predicted molar refractivity (Wildman–Crippen MR) is 60.2 cm³/mol. The van der Waals surface area contributed by atoms with E-state index in [4.69, 9.17) is 17.4 Å². The molecular weight excluding hydrogens is 231 g/mol. The molecule has 0 aliphatic heterocycles. The maximum absolute atomic E-state index is 13.0. The Morgan fingerprint density at radius 1 is 1.31 bits per heavy atom. The Morgan fingerprint density at radius 2 is 2.12 bits per heavy atom. The summed E-state index contributed by atoms with van der Waals surface area (Å²) in [4.78, 5) is 8.14. The number of hydrogen-bond donors (Lipinski definition) is 2. The molecule has 0 unspecified atom stereocenters. The molecular formula is C10H8ClFN4. The molecule has 0 aliphatic rings. The number of benzene rings is 1. The van der Waals surface area contributed by atoms with Gasteiger partial charge in [-0.05, 0) is 18.2 Å². The van der Waals surface area contributed by atoms with Crippen LogP contribution < -0.4 is 11.3 Å². The van der Waals surface area contributed by atoms with E-state index in [1.807, 2.05) is 0 Å². The van der Waals surface area contributed by atoms with Crippen LogP contribution in [0.5, 0.6) is 0 Å². The lowest BCUT2D eigenvalue weighted by Crippen LogP contribution is -2.09. The molecule has 6 heteroatoms. The number of aromatic nitrogens is 2. The third-order valence-electron chi connectivity index (χ3n) is 1.98. The third kappa shape index (κ3) is 2.10. The Labute approximate surface area is 96.3 Å². The quantitative estimate of drug-likeness (QED) is 0.622. The Kier molecular flexibility index (Phi) is 2.98. The van der Waals surface area contributed by atoms with Crippen LogP contribution in [0.4, 0.5) is 10.2 Å². The molecule has 0 fully saturated rings. The molecule has 1 aromatic carbocycles. The zero-order chi connectivity index (χ0) is 11.5. The fourth-order valence-corrected chi connectivity index (χ4v) is 1.39. The Morgan fingerprint density at radius 3 is 2.81 bits per heavy atom. The number of nitrogens with one attached hydrogen (secondary N) is 1. The number of nitrogens with zero attached hydrogens (tertiary/aromatic N) is 2. The minimum Gasteiger partial charge on any atom is -0.308 e. The second kappa shape index (κ2) is 4.42. The first kappa shape index (κ1) is 10.8. The average Bonchev–Trinajstić information content (AvgIpc) is 2.33. The van der Waals surface area contributed by atoms with Crippen LogP contribution in [0.25, 0.3) is 11.4 Å². The van der Waals surface area contributed by atoms with Crippen molar-refractivity contribution in [3.63, 3.8) is 0 Å². The van der Waals surface area contributed by atoms with Crippen molar-refractivity contribution in [1.29, 1.82) is 0 Å². The summed E-state index contributed by atoms with van der Waals surface area (Å²) >= 11 is 5.67. The topological polar surface area (TPSA) is 63.8 Å². The van der Waals surface area contributed by atoms with Crippen LogP contribution in [-0.2, 0) is 0 Å². The highest BCUT2D eigenvalue weighted by Gasteiger charge is 2.05. The van der Waals surface area contributed by atoms with Crippen LogP contribution in [0, 0.1) is 5.82 Å². The van der Waals surface area contributed by atoms with Gasteiger partial charge in [0.05, 0.1) is 5.02 Å². The lowest BCUT2D eigenvalue weighted by Gasteiger charge is -2.03. The van der Waals surface area contributed by atoms with Crippen molar-refractivity contribution in [2.75, 3.05) is 5.43 Å². The number of nitrogen functional groups attached to an aromatic ring is 1. The van der Waals surface area contributed by atoms with E-state index < -0.39 is 5.82 Å². The monoisotopic (exact) mass is 238 g/mol. The molecule has 0 saturated heterocycles. The maximum Gasteiger partial charge on any atom is 0.161 e. The summed E-state index contributed by atoms with van der Waals surface area (Å²) in [5.74, 6) is 5.66. The third-order valence-corrected chi connectivity index (χ3v) is 2.27. The summed E-state index contributed by atoms with van der Waals surface area (Å²) in [5.41, 5.74) is 3.03. The molecule has 4 nitrogen and oxygen atoms in total. The van der Waals surface area contributed by atoms with E-state index in [1.165, 1.54) is 12.1 Å². The van der Waals surface area contributed by atoms with Gasteiger partial charge < -0.3 is 5.43 Å². The summed E-state index contributed by atoms with van der Waals surface area (Å²) in [6, 6.07) is 5.90. The van der Waals surface area contributed by atoms with Crippen molar-refractivity contribution in [3.05, 3.63) is 41.3 Å². The zero-order valence-corrected chi connectivity index (χ0v) is 8.87. The molecule has 0 bridgehead atoms. The summed E-state index contributed by atoms with van der Waals surface area (Å²) in [7, 11) is 0. The molecule has 0 aliphatic carbocycles. The molecule has 1 heterocycles. The summed E-state index contributed by atoms with van der Waals surface area (Å²) < 4.78 is 13.0. The highest BCUT2D eigenvalue weighted by molar-refractivity contribution is 6.31. The van der Waals surface area contributed by atoms with Gasteiger partial charge in [-0.15, -0.1) is 0 Å². The van der Waals surface area contributed by atoms with Gasteiger partial charge in [-0.25, -0.2) is 20.2 Å². The molecule has 0 spiro atoms. The second-order valence-electron chi connectivity index (χ2n) is 3.04. The van der Waals surface area contributed by atoms with E-state index in [2.05, 4.69) is 15.4 Å². The van der Waals surface area contributed by atoms with Gasteiger partial charge in [0.25, 0.3) is 0 Å². The van der Waals surface area contributed by atoms with E-state index >= 15 is 0 Å². The van der Waals surface area contributed by atoms with Crippen molar-refractivity contribution in [2.24, 2.45) is 5.84 Å². The van der Waals surface area contributed by atoms with Gasteiger partial charge in [-0.1, -0.05) is 11.6 Å². The molecule has 0 saturated carbocycles. The van der Waals surface area contributed by atoms with Gasteiger partial charge >= 0.3 is 0 Å². The van der Waals surface area contributed by atoms with Crippen molar-refractivity contribution in [2.45, 2.75) is 0 Å². The van der Waals surface area contributed by atoms with E-state index in [0.717, 1.165) is 0 Å². The standard InChI is InChI=1S/C10H8ClFN4/c11-7-5-6(1-2-8(7)12)10-14-4-3-9(15-10)16-13/h1-5H,13H2,(H,14,15,16). The van der Waals surface area contributed by atoms with Gasteiger partial charge in [0, 0.05) is 17.8 Å². The van der Waals surface area contributed by atoms with Crippen molar-refractivity contribution >= 4 is 17.4 Å². The van der Waals surface area contributed by atoms with E-state index in [0.29, 0.717) is 17.2 Å². The molecule has 16 heavy (non-hydrogen) atoms. The average molecular weight is 239 g/mol. The number of hydrazine groups is 1. The van der Waals surface area contributed by atoms with Gasteiger partial charge in [0.1, 0.15) is 11.6 Å². The minimum atomic E-state index is -0.474. The second-order valence-corrected chi connectivity index (χ2v) is 3.45. The largest absolute Gasteiger partial charge is 0.308 e. The summed E-state index contributed by atoms with van der Waals surface area (Å²) in [6.45, 7) is 0. The Balaban J connectivity index is 2.46. The normalized spacial score (nSPS) is 10.2. The van der Waals surface area contributed by atoms with E-state index in [-0.39, 0.29) is 5.02 Å². The number of halogens is 2. The van der Waals surface area contributed by atoms with Crippen LogP contribution in [-0.4, -0.2) is 9.97 Å². The van der Waals surface area contributed by atoms with Crippen LogP contribution >= 0.6 is 11.6 Å². The van der Waals surface area contributed by atoms with Crippen LogP contribution in [0.1, 0.15) is 0 Å². The predicted octanol–water partition coefficient (Wildman–Crippen LogP) is 2.22. The lowest BCUT2D eigenvalue weighted by molar-refractivity contribution is 0.628. The van der Waals surface area contributed by atoms with Gasteiger partial charge in [0.2, 0.25) is 0 Å². The smallest absolute Gasteiger partial charge is 0.161 e. The van der Waals surface area contributed by atoms with Gasteiger partial charge in [-0.2, -0.15) is 0 Å². The van der Waals surface area contributed by atoms with Crippen LogP contribution in [0.2, 0.25) is 5.02 Å². The highest BCUT2D eigenvalue weighted by Crippen LogP contribution is 2.22. The number of anilines is 1. The van der Waals surface area contributed by atoms with Gasteiger partial charge in [-0.3, -0.25) is 0 Å². The van der Waals surface area contributed by atoms with Crippen molar-refractivity contribution < 1.29 is 4.39 Å². The SMILES string of the molecule is NNc1ccnc(-c2ccc(F)c(Cl)c2)n1. The zero-order valence-electron chi connectivity index (χ0n) is 8.11. The molecule has 2 rings (SSSR count). The number of nitrogens with two attached hydrogens (primary N) is 1. The van der Waals surface area contributed by atoms with Crippen LogP contribution in [0.15, 0.2) is 30.5 Å². The molecule has 0 atom stereocenters. The van der Waals surface area contributed by atoms with Crippen molar-refractivity contribution in [3.8, 4) is 11.4 Å². The Hall–Kier alpha value is -1.72. The Bertz CT molecular complexity index is 518. The highest BCUT2D eigenvalue weighted by atomic mass is 35.5. The van der Waals surface area contributed by atoms with Crippen LogP contribution in [0.3, 0.4) is 0 Å². The molecule has 0 radical (unpaired) electrons. The first-order valence-corrected chi connectivity index (χ1v) is 4.83. The minimum absolute atomic E-state index is 0.0345. The number of rotatable bonds is 2. The fourth-order valence-electron chi connectivity index (χ4n) is 1.21. The first-order valence-electron chi connectivity index (χ1n) is 4.46. The molecule has 82 valence electrons. The van der Waals surface area contributed by atoms with E-state index in [9.17, 15) is 4.39 Å². The van der Waals surface area contributed by atoms with E-state index in [1.54, 1.807) is 18.3 Å². The summed E-state index contributed by atoms with van der Waals surface area (Å²) in [5, 5.41) is 0.0345. The lowest BCUT2D eigenvalue weighted by atomic mass is 10.2. The van der Waals surface area contributed by atoms with Gasteiger partial charge in [0.15, 0.2) is 5.82 Å².